The molecule has 0 radical (unpaired) electrons. The first-order valence-corrected chi connectivity index (χ1v) is 12.2. The summed E-state index contributed by atoms with van der Waals surface area (Å²) in [7, 11) is 0. The van der Waals surface area contributed by atoms with Crippen LogP contribution in [0.4, 0.5) is 22.7 Å². The van der Waals surface area contributed by atoms with E-state index in [1.807, 2.05) is 0 Å². The molecule has 2 heterocycles. The maximum Gasteiger partial charge on any atom is 0.175 e. The van der Waals surface area contributed by atoms with E-state index >= 15 is 0 Å². The number of hydrogen-bond donors (Lipinski definition) is 4. The molecule has 4 aromatic rings. The van der Waals surface area contributed by atoms with E-state index < -0.39 is 0 Å². The molecule has 8 nitrogen and oxygen atoms in total. The number of nitrogens with one attached hydrogen (secondary N) is 4. The summed E-state index contributed by atoms with van der Waals surface area (Å²) in [6.07, 6.45) is 6.86. The molecule has 0 bridgehead atoms. The van der Waals surface area contributed by atoms with Gasteiger partial charge in [-0.2, -0.15) is 10.2 Å². The Bertz CT molecular complexity index is 1280. The SMILES string of the molecule is S=C(Nc1cnn(Cn2cc(NC(=S)Nc3cc(Cl)ccc3Cl)cn2)c1)Nc1cc(Cl)ccc1Cl. The summed E-state index contributed by atoms with van der Waals surface area (Å²) in [5.41, 5.74) is 2.58. The molecule has 0 amide bonds. The Labute approximate surface area is 231 Å². The minimum Gasteiger partial charge on any atom is -0.331 e. The van der Waals surface area contributed by atoms with Crippen molar-refractivity contribution < 1.29 is 0 Å². The van der Waals surface area contributed by atoms with Gasteiger partial charge >= 0.3 is 0 Å². The summed E-state index contributed by atoms with van der Waals surface area (Å²) in [5, 5.41) is 23.6. The van der Waals surface area contributed by atoms with Crippen LogP contribution in [0.15, 0.2) is 61.2 Å². The molecule has 0 aliphatic rings. The lowest BCUT2D eigenvalue weighted by atomic mass is 10.3. The number of rotatable bonds is 6. The van der Waals surface area contributed by atoms with Gasteiger partial charge in [0.1, 0.15) is 6.67 Å². The molecule has 0 atom stereocenters. The zero-order chi connectivity index (χ0) is 24.9. The van der Waals surface area contributed by atoms with E-state index in [1.54, 1.807) is 70.5 Å². The van der Waals surface area contributed by atoms with Crippen LogP contribution >= 0.6 is 70.8 Å². The molecule has 14 heteroatoms. The number of anilines is 4. The predicted molar refractivity (Wildman–Crippen MR) is 152 cm³/mol. The number of benzene rings is 2. The van der Waals surface area contributed by atoms with Crippen LogP contribution in [0.2, 0.25) is 20.1 Å². The highest BCUT2D eigenvalue weighted by molar-refractivity contribution is 7.81. The van der Waals surface area contributed by atoms with Crippen molar-refractivity contribution in [3.05, 3.63) is 81.3 Å². The second kappa shape index (κ2) is 11.4. The Morgan fingerprint density at radius 1 is 0.686 bits per heavy atom. The van der Waals surface area contributed by atoms with Crippen LogP contribution in [0, 0.1) is 0 Å². The summed E-state index contributed by atoms with van der Waals surface area (Å²) < 4.78 is 3.38. The summed E-state index contributed by atoms with van der Waals surface area (Å²) in [4.78, 5) is 0. The minimum atomic E-state index is 0.347. The molecule has 0 saturated heterocycles. The summed E-state index contributed by atoms with van der Waals surface area (Å²) >= 11 is 35.0. The third kappa shape index (κ3) is 7.20. The Morgan fingerprint density at radius 3 is 1.54 bits per heavy atom. The smallest absolute Gasteiger partial charge is 0.175 e. The van der Waals surface area contributed by atoms with Gasteiger partial charge in [-0.1, -0.05) is 46.4 Å². The van der Waals surface area contributed by atoms with Crippen molar-refractivity contribution >= 4 is 104 Å². The van der Waals surface area contributed by atoms with Gasteiger partial charge < -0.3 is 21.3 Å². The van der Waals surface area contributed by atoms with Crippen LogP contribution in [0.25, 0.3) is 0 Å². The van der Waals surface area contributed by atoms with Crippen molar-refractivity contribution in [2.75, 3.05) is 21.3 Å². The summed E-state index contributed by atoms with van der Waals surface area (Å²) in [6.45, 7) is 0.365. The van der Waals surface area contributed by atoms with Crippen molar-refractivity contribution in [1.29, 1.82) is 0 Å². The number of hydrogen-bond acceptors (Lipinski definition) is 4. The lowest BCUT2D eigenvalue weighted by molar-refractivity contribution is 0.503. The molecular formula is C21H16Cl4N8S2. The quantitative estimate of drug-likeness (QED) is 0.184. The van der Waals surface area contributed by atoms with E-state index in [-0.39, 0.29) is 0 Å². The Morgan fingerprint density at radius 2 is 1.11 bits per heavy atom. The molecular weight excluding hydrogens is 570 g/mol. The van der Waals surface area contributed by atoms with Crippen LogP contribution in [-0.2, 0) is 6.67 Å². The van der Waals surface area contributed by atoms with E-state index in [2.05, 4.69) is 31.5 Å². The average molecular weight is 586 g/mol. The van der Waals surface area contributed by atoms with E-state index in [9.17, 15) is 0 Å². The second-order valence-corrected chi connectivity index (χ2v) is 9.59. The van der Waals surface area contributed by atoms with Crippen molar-refractivity contribution in [2.24, 2.45) is 0 Å². The standard InChI is InChI=1S/C21H16Cl4N8S2/c22-12-1-3-16(24)18(5-12)30-20(34)28-14-7-26-32(9-14)11-33-10-15(8-27-33)29-21(35)31-19-6-13(23)2-4-17(19)25/h1-10H,11H2,(H2,28,30,34)(H2,29,31,35). The molecule has 2 aromatic carbocycles. The van der Waals surface area contributed by atoms with Gasteiger partial charge in [0.25, 0.3) is 0 Å². The largest absolute Gasteiger partial charge is 0.331 e. The number of halogens is 4. The van der Waals surface area contributed by atoms with Crippen LogP contribution < -0.4 is 21.3 Å². The van der Waals surface area contributed by atoms with Gasteiger partial charge in [-0.15, -0.1) is 0 Å². The summed E-state index contributed by atoms with van der Waals surface area (Å²) in [6, 6.07) is 10.2. The van der Waals surface area contributed by atoms with Gasteiger partial charge in [0, 0.05) is 10.0 Å². The van der Waals surface area contributed by atoms with Gasteiger partial charge in [-0.25, -0.2) is 9.36 Å². The minimum absolute atomic E-state index is 0.347. The monoisotopic (exact) mass is 584 g/mol. The van der Waals surface area contributed by atoms with Gasteiger partial charge in [0.15, 0.2) is 10.2 Å². The molecule has 180 valence electrons. The van der Waals surface area contributed by atoms with Gasteiger partial charge in [-0.3, -0.25) is 0 Å². The first-order valence-electron chi connectivity index (χ1n) is 9.86. The predicted octanol–water partition coefficient (Wildman–Crippen LogP) is 6.82. The zero-order valence-corrected chi connectivity index (χ0v) is 22.3. The zero-order valence-electron chi connectivity index (χ0n) is 17.6. The highest BCUT2D eigenvalue weighted by Gasteiger charge is 2.08. The van der Waals surface area contributed by atoms with Crippen molar-refractivity contribution in [1.82, 2.24) is 19.6 Å². The molecule has 4 N–H and O–H groups in total. The third-order valence-electron chi connectivity index (χ3n) is 4.43. The average Bonchev–Trinajstić information content (AvgIpc) is 3.42. The molecule has 35 heavy (non-hydrogen) atoms. The lowest BCUT2D eigenvalue weighted by Gasteiger charge is -2.11. The normalized spacial score (nSPS) is 10.6. The summed E-state index contributed by atoms with van der Waals surface area (Å²) in [5.74, 6) is 0. The molecule has 0 fully saturated rings. The van der Waals surface area contributed by atoms with Gasteiger partial charge in [-0.05, 0) is 60.8 Å². The van der Waals surface area contributed by atoms with Crippen LogP contribution in [0.5, 0.6) is 0 Å². The molecule has 0 saturated carbocycles. The molecule has 0 aliphatic carbocycles. The van der Waals surface area contributed by atoms with E-state index in [4.69, 9.17) is 70.8 Å². The molecule has 0 aliphatic heterocycles. The topological polar surface area (TPSA) is 83.8 Å². The first-order chi connectivity index (χ1) is 16.7. The number of nitrogens with zero attached hydrogens (tertiary/aromatic N) is 4. The Balaban J connectivity index is 1.30. The lowest BCUT2D eigenvalue weighted by Crippen LogP contribution is -2.19. The van der Waals surface area contributed by atoms with E-state index in [0.717, 1.165) is 0 Å². The molecule has 0 spiro atoms. The molecule has 4 rings (SSSR count). The maximum absolute atomic E-state index is 6.16. The fraction of sp³-hybridized carbons (Fsp3) is 0.0476. The Hall–Kier alpha value is -2.60. The van der Waals surface area contributed by atoms with Crippen LogP contribution in [0.1, 0.15) is 0 Å². The van der Waals surface area contributed by atoms with Crippen LogP contribution in [0.3, 0.4) is 0 Å². The fourth-order valence-corrected chi connectivity index (χ4v) is 4.04. The van der Waals surface area contributed by atoms with Crippen molar-refractivity contribution in [3.8, 4) is 0 Å². The third-order valence-corrected chi connectivity index (χ3v) is 5.96. The van der Waals surface area contributed by atoms with Crippen LogP contribution in [-0.4, -0.2) is 29.8 Å². The van der Waals surface area contributed by atoms with E-state index in [0.29, 0.717) is 59.7 Å². The van der Waals surface area contributed by atoms with Gasteiger partial charge in [0.05, 0.1) is 57.6 Å². The van der Waals surface area contributed by atoms with Gasteiger partial charge in [0.2, 0.25) is 0 Å². The number of aromatic nitrogens is 4. The number of thiocarbonyl (C=S) groups is 2. The molecule has 2 aromatic heterocycles. The van der Waals surface area contributed by atoms with E-state index in [1.165, 1.54) is 0 Å². The highest BCUT2D eigenvalue weighted by Crippen LogP contribution is 2.26. The van der Waals surface area contributed by atoms with Crippen molar-refractivity contribution in [3.63, 3.8) is 0 Å². The maximum atomic E-state index is 6.16. The Kier molecular flexibility index (Phi) is 8.32. The molecule has 0 unspecified atom stereocenters. The van der Waals surface area contributed by atoms with Crippen molar-refractivity contribution in [2.45, 2.75) is 6.67 Å². The second-order valence-electron chi connectivity index (χ2n) is 7.08. The first kappa shape index (κ1) is 25.5. The highest BCUT2D eigenvalue weighted by atomic mass is 35.5. The fourth-order valence-electron chi connectivity index (χ4n) is 2.92.